The molecule has 2 saturated carbocycles. The van der Waals surface area contributed by atoms with Gasteiger partial charge in [0.05, 0.1) is 11.2 Å². The van der Waals surface area contributed by atoms with Gasteiger partial charge >= 0.3 is 0 Å². The number of ether oxygens (including phenoxy) is 2. The molecule has 0 bridgehead atoms. The van der Waals surface area contributed by atoms with Crippen molar-refractivity contribution in [1.29, 1.82) is 0 Å². The Morgan fingerprint density at radius 3 is 2.38 bits per heavy atom. The van der Waals surface area contributed by atoms with Crippen molar-refractivity contribution in [2.24, 2.45) is 11.8 Å². The molecule has 3 nitrogen and oxygen atoms in total. The summed E-state index contributed by atoms with van der Waals surface area (Å²) in [4.78, 5) is 0. The maximum Gasteiger partial charge on any atom is 0.0833 e. The Bertz CT molecular complexity index is 345. The van der Waals surface area contributed by atoms with Crippen molar-refractivity contribution in [2.75, 3.05) is 20.8 Å². The van der Waals surface area contributed by atoms with Crippen LogP contribution in [-0.4, -0.2) is 38.0 Å². The van der Waals surface area contributed by atoms with Gasteiger partial charge in [-0.05, 0) is 76.7 Å². The van der Waals surface area contributed by atoms with Gasteiger partial charge in [-0.3, -0.25) is 0 Å². The van der Waals surface area contributed by atoms with Crippen LogP contribution in [0.15, 0.2) is 0 Å². The minimum Gasteiger partial charge on any atom is -0.377 e. The molecule has 0 aromatic heterocycles. The van der Waals surface area contributed by atoms with Crippen LogP contribution in [0, 0.1) is 11.8 Å². The SMILES string of the molecule is CNC(C1CCOC2(CCC2)C1)C1(OC)CCC(C)CC1. The first kappa shape index (κ1) is 15.8. The smallest absolute Gasteiger partial charge is 0.0833 e. The summed E-state index contributed by atoms with van der Waals surface area (Å²) in [7, 11) is 4.06. The average Bonchev–Trinajstić information content (AvgIpc) is 2.49. The Balaban J connectivity index is 1.73. The van der Waals surface area contributed by atoms with E-state index < -0.39 is 0 Å². The maximum atomic E-state index is 6.15. The summed E-state index contributed by atoms with van der Waals surface area (Å²) in [5.74, 6) is 1.57. The van der Waals surface area contributed by atoms with Gasteiger partial charge in [0.2, 0.25) is 0 Å². The highest BCUT2D eigenvalue weighted by Gasteiger charge is 2.50. The van der Waals surface area contributed by atoms with Crippen molar-refractivity contribution >= 4 is 0 Å². The van der Waals surface area contributed by atoms with Crippen LogP contribution in [0.1, 0.15) is 64.7 Å². The van der Waals surface area contributed by atoms with Gasteiger partial charge in [-0.15, -0.1) is 0 Å². The van der Waals surface area contributed by atoms with E-state index in [1.807, 2.05) is 7.11 Å². The van der Waals surface area contributed by atoms with E-state index in [0.717, 1.165) is 12.5 Å². The van der Waals surface area contributed by atoms with Crippen LogP contribution >= 0.6 is 0 Å². The van der Waals surface area contributed by atoms with Gasteiger partial charge in [0.15, 0.2) is 0 Å². The van der Waals surface area contributed by atoms with Crippen LogP contribution in [0.2, 0.25) is 0 Å². The number of methoxy groups -OCH3 is 1. The van der Waals surface area contributed by atoms with Crippen molar-refractivity contribution in [3.05, 3.63) is 0 Å². The Morgan fingerprint density at radius 1 is 1.14 bits per heavy atom. The summed E-state index contributed by atoms with van der Waals surface area (Å²) in [5, 5.41) is 3.65. The molecule has 1 saturated heterocycles. The average molecular weight is 295 g/mol. The summed E-state index contributed by atoms with van der Waals surface area (Å²) in [6, 6.07) is 0.483. The zero-order chi connectivity index (χ0) is 14.9. The molecule has 3 aliphatic rings. The first-order valence-electron chi connectivity index (χ1n) is 8.99. The lowest BCUT2D eigenvalue weighted by Gasteiger charge is -2.53. The third-order valence-electron chi connectivity index (χ3n) is 6.67. The van der Waals surface area contributed by atoms with Gasteiger partial charge in [0, 0.05) is 19.8 Å². The fraction of sp³-hybridized carbons (Fsp3) is 1.00. The van der Waals surface area contributed by atoms with E-state index in [2.05, 4.69) is 19.3 Å². The molecule has 3 heteroatoms. The lowest BCUT2D eigenvalue weighted by Crippen LogP contribution is -2.59. The molecule has 1 spiro atoms. The predicted molar refractivity (Wildman–Crippen MR) is 85.5 cm³/mol. The molecule has 2 unspecified atom stereocenters. The van der Waals surface area contributed by atoms with Crippen LogP contribution in [0.5, 0.6) is 0 Å². The number of nitrogens with one attached hydrogen (secondary N) is 1. The molecule has 2 atom stereocenters. The van der Waals surface area contributed by atoms with Crippen LogP contribution < -0.4 is 5.32 Å². The maximum absolute atomic E-state index is 6.15. The molecule has 0 radical (unpaired) electrons. The van der Waals surface area contributed by atoms with Crippen LogP contribution in [-0.2, 0) is 9.47 Å². The third-order valence-corrected chi connectivity index (χ3v) is 6.67. The minimum absolute atomic E-state index is 0.0498. The van der Waals surface area contributed by atoms with Gasteiger partial charge in [-0.2, -0.15) is 0 Å². The third kappa shape index (κ3) is 2.89. The van der Waals surface area contributed by atoms with Crippen molar-refractivity contribution in [3.8, 4) is 0 Å². The Hall–Kier alpha value is -0.120. The van der Waals surface area contributed by atoms with E-state index in [9.17, 15) is 0 Å². The Kier molecular flexibility index (Phi) is 4.63. The molecule has 1 N–H and O–H groups in total. The van der Waals surface area contributed by atoms with E-state index in [4.69, 9.17) is 9.47 Å². The monoisotopic (exact) mass is 295 g/mol. The molecule has 2 aliphatic carbocycles. The zero-order valence-electron chi connectivity index (χ0n) is 14.1. The van der Waals surface area contributed by atoms with Gasteiger partial charge in [-0.1, -0.05) is 6.92 Å². The molecule has 0 amide bonds. The van der Waals surface area contributed by atoms with E-state index in [1.165, 1.54) is 57.8 Å². The highest BCUT2D eigenvalue weighted by atomic mass is 16.5. The number of hydrogen-bond donors (Lipinski definition) is 1. The number of rotatable bonds is 4. The molecule has 1 heterocycles. The van der Waals surface area contributed by atoms with Crippen LogP contribution in [0.25, 0.3) is 0 Å². The molecular weight excluding hydrogens is 262 g/mol. The number of hydrogen-bond acceptors (Lipinski definition) is 3. The second-order valence-corrected chi connectivity index (χ2v) is 7.86. The molecule has 122 valence electrons. The highest BCUT2D eigenvalue weighted by Crippen LogP contribution is 2.48. The van der Waals surface area contributed by atoms with Crippen LogP contribution in [0.4, 0.5) is 0 Å². The largest absolute Gasteiger partial charge is 0.377 e. The second-order valence-electron chi connectivity index (χ2n) is 7.86. The highest BCUT2D eigenvalue weighted by molar-refractivity contribution is 5.03. The summed E-state index contributed by atoms with van der Waals surface area (Å²) in [5.41, 5.74) is 0.281. The topological polar surface area (TPSA) is 30.5 Å². The fourth-order valence-electron chi connectivity index (χ4n) is 5.09. The van der Waals surface area contributed by atoms with Gasteiger partial charge in [0.25, 0.3) is 0 Å². The lowest BCUT2D eigenvalue weighted by molar-refractivity contribution is -0.165. The molecule has 21 heavy (non-hydrogen) atoms. The first-order chi connectivity index (χ1) is 10.1. The standard InChI is InChI=1S/C18H33NO2/c1-14-5-10-18(20-3,11-6-14)16(19-2)15-7-12-21-17(13-15)8-4-9-17/h14-16,19H,4-13H2,1-3H3. The van der Waals surface area contributed by atoms with Gasteiger partial charge in [-0.25, -0.2) is 0 Å². The molecular formula is C18H33NO2. The van der Waals surface area contributed by atoms with Crippen molar-refractivity contribution in [1.82, 2.24) is 5.32 Å². The normalized spacial score (nSPS) is 40.7. The molecule has 0 aromatic rings. The first-order valence-corrected chi connectivity index (χ1v) is 8.99. The Labute approximate surface area is 130 Å². The number of likely N-dealkylation sites (N-methyl/N-ethyl adjacent to an activating group) is 1. The Morgan fingerprint density at radius 2 is 1.86 bits per heavy atom. The molecule has 3 rings (SSSR count). The summed E-state index contributed by atoms with van der Waals surface area (Å²) in [6.07, 6.45) is 11.4. The summed E-state index contributed by atoms with van der Waals surface area (Å²) < 4.78 is 12.3. The lowest BCUT2D eigenvalue weighted by atomic mass is 9.65. The molecule has 0 aromatic carbocycles. The predicted octanol–water partition coefficient (Wildman–Crippen LogP) is 3.52. The van der Waals surface area contributed by atoms with Crippen molar-refractivity contribution < 1.29 is 9.47 Å². The minimum atomic E-state index is 0.0498. The van der Waals surface area contributed by atoms with Crippen molar-refractivity contribution in [3.63, 3.8) is 0 Å². The van der Waals surface area contributed by atoms with Crippen LogP contribution in [0.3, 0.4) is 0 Å². The quantitative estimate of drug-likeness (QED) is 0.861. The van der Waals surface area contributed by atoms with Gasteiger partial charge < -0.3 is 14.8 Å². The second kappa shape index (κ2) is 6.17. The van der Waals surface area contributed by atoms with Gasteiger partial charge in [0.1, 0.15) is 0 Å². The van der Waals surface area contributed by atoms with Crippen molar-refractivity contribution in [2.45, 2.75) is 82.0 Å². The van der Waals surface area contributed by atoms with E-state index in [0.29, 0.717) is 12.0 Å². The molecule has 1 aliphatic heterocycles. The van der Waals surface area contributed by atoms with E-state index in [1.54, 1.807) is 0 Å². The molecule has 3 fully saturated rings. The van der Waals surface area contributed by atoms with E-state index >= 15 is 0 Å². The summed E-state index contributed by atoms with van der Waals surface area (Å²) in [6.45, 7) is 3.32. The zero-order valence-corrected chi connectivity index (χ0v) is 14.1. The summed E-state index contributed by atoms with van der Waals surface area (Å²) >= 11 is 0. The fourth-order valence-corrected chi connectivity index (χ4v) is 5.09. The van der Waals surface area contributed by atoms with E-state index in [-0.39, 0.29) is 11.2 Å².